The molecule has 3 heteroatoms. The van der Waals surface area contributed by atoms with Gasteiger partial charge in [-0.3, -0.25) is 4.99 Å². The lowest BCUT2D eigenvalue weighted by Crippen LogP contribution is -2.06. The molecule has 0 aliphatic heterocycles. The van der Waals surface area contributed by atoms with Crippen LogP contribution in [0.1, 0.15) is 75.8 Å². The molecule has 122 valence electrons. The molecule has 0 saturated heterocycles. The van der Waals surface area contributed by atoms with E-state index >= 15 is 0 Å². The van der Waals surface area contributed by atoms with E-state index in [2.05, 4.69) is 18.8 Å². The quantitative estimate of drug-likeness (QED) is 0.747. The Labute approximate surface area is 134 Å². The molecule has 0 amide bonds. The van der Waals surface area contributed by atoms with Gasteiger partial charge in [0.25, 0.3) is 0 Å². The molecular formula is C19H29NO2. The highest BCUT2D eigenvalue weighted by Gasteiger charge is 2.21. The maximum atomic E-state index is 10.7. The molecule has 1 aromatic rings. The van der Waals surface area contributed by atoms with Crippen molar-refractivity contribution in [3.05, 3.63) is 23.3 Å². The van der Waals surface area contributed by atoms with Gasteiger partial charge in [0.05, 0.1) is 7.11 Å². The summed E-state index contributed by atoms with van der Waals surface area (Å²) in [6.45, 7) is 4.29. The highest BCUT2D eigenvalue weighted by Crippen LogP contribution is 2.40. The van der Waals surface area contributed by atoms with Gasteiger partial charge in [-0.1, -0.05) is 33.1 Å². The molecule has 0 atom stereocenters. The minimum Gasteiger partial charge on any atom is -0.507 e. The molecule has 2 rings (SSSR count). The van der Waals surface area contributed by atoms with E-state index in [1.807, 2.05) is 18.3 Å². The third-order valence-electron chi connectivity index (χ3n) is 4.79. The number of ether oxygens (including phenoxy) is 1. The molecule has 1 fully saturated rings. The second-order valence-corrected chi connectivity index (χ2v) is 6.24. The van der Waals surface area contributed by atoms with Crippen molar-refractivity contribution in [1.82, 2.24) is 0 Å². The van der Waals surface area contributed by atoms with E-state index in [1.54, 1.807) is 7.11 Å². The first-order valence-electron chi connectivity index (χ1n) is 8.63. The maximum absolute atomic E-state index is 10.7. The molecule has 3 nitrogen and oxygen atoms in total. The summed E-state index contributed by atoms with van der Waals surface area (Å²) in [4.78, 5) is 4.61. The van der Waals surface area contributed by atoms with Crippen molar-refractivity contribution >= 4 is 6.21 Å². The Kier molecular flexibility index (Phi) is 6.29. The predicted molar refractivity (Wildman–Crippen MR) is 92.4 cm³/mol. The maximum Gasteiger partial charge on any atom is 0.128 e. The number of hydrogen-bond donors (Lipinski definition) is 1. The lowest BCUT2D eigenvalue weighted by atomic mass is 9.83. The van der Waals surface area contributed by atoms with Crippen LogP contribution in [0.5, 0.6) is 11.5 Å². The number of aliphatic imine (C=N–C) groups is 1. The molecule has 0 bridgehead atoms. The first-order valence-corrected chi connectivity index (χ1v) is 8.63. The fraction of sp³-hybridized carbons (Fsp3) is 0.632. The van der Waals surface area contributed by atoms with E-state index in [-0.39, 0.29) is 0 Å². The Morgan fingerprint density at radius 3 is 2.50 bits per heavy atom. The van der Waals surface area contributed by atoms with Crippen LogP contribution in [0.4, 0.5) is 0 Å². The van der Waals surface area contributed by atoms with E-state index in [0.29, 0.717) is 17.7 Å². The molecule has 1 saturated carbocycles. The zero-order valence-corrected chi connectivity index (χ0v) is 14.1. The Hall–Kier alpha value is -1.51. The van der Waals surface area contributed by atoms with Crippen molar-refractivity contribution in [3.63, 3.8) is 0 Å². The van der Waals surface area contributed by atoms with Crippen LogP contribution in [0.15, 0.2) is 17.1 Å². The van der Waals surface area contributed by atoms with Gasteiger partial charge in [0.1, 0.15) is 11.5 Å². The molecule has 0 radical (unpaired) electrons. The average molecular weight is 303 g/mol. The van der Waals surface area contributed by atoms with Gasteiger partial charge in [0, 0.05) is 23.4 Å². The van der Waals surface area contributed by atoms with Crippen LogP contribution in [0.25, 0.3) is 0 Å². The summed E-state index contributed by atoms with van der Waals surface area (Å²) in [6.07, 6.45) is 9.98. The lowest BCUT2D eigenvalue weighted by Gasteiger charge is -2.24. The number of hydrogen-bond acceptors (Lipinski definition) is 3. The molecule has 0 unspecified atom stereocenters. The Morgan fingerprint density at radius 1 is 1.23 bits per heavy atom. The summed E-state index contributed by atoms with van der Waals surface area (Å²) in [5, 5.41) is 10.7. The minimum atomic E-state index is 0.323. The number of phenols is 1. The summed E-state index contributed by atoms with van der Waals surface area (Å²) < 4.78 is 5.43. The van der Waals surface area contributed by atoms with Crippen LogP contribution in [-0.4, -0.2) is 24.5 Å². The molecular weight excluding hydrogens is 274 g/mol. The van der Waals surface area contributed by atoms with Gasteiger partial charge in [0.2, 0.25) is 0 Å². The molecule has 1 aliphatic carbocycles. The second-order valence-electron chi connectivity index (χ2n) is 6.24. The molecule has 0 spiro atoms. The van der Waals surface area contributed by atoms with Crippen LogP contribution < -0.4 is 4.74 Å². The number of methoxy groups -OCH3 is 1. The van der Waals surface area contributed by atoms with E-state index in [4.69, 9.17) is 4.74 Å². The van der Waals surface area contributed by atoms with Crippen LogP contribution in [0.3, 0.4) is 0 Å². The summed E-state index contributed by atoms with van der Waals surface area (Å²) in [7, 11) is 1.68. The van der Waals surface area contributed by atoms with Crippen molar-refractivity contribution in [2.24, 2.45) is 4.99 Å². The van der Waals surface area contributed by atoms with Crippen LogP contribution in [0, 0.1) is 0 Å². The summed E-state index contributed by atoms with van der Waals surface area (Å²) in [6, 6.07) is 4.21. The molecule has 1 N–H and O–H groups in total. The largest absolute Gasteiger partial charge is 0.507 e. The Morgan fingerprint density at radius 2 is 1.91 bits per heavy atom. The highest BCUT2D eigenvalue weighted by molar-refractivity contribution is 5.85. The molecule has 1 aromatic carbocycles. The van der Waals surface area contributed by atoms with Gasteiger partial charge >= 0.3 is 0 Å². The third-order valence-corrected chi connectivity index (χ3v) is 4.79. The number of aromatic hydroxyl groups is 1. The molecule has 22 heavy (non-hydrogen) atoms. The average Bonchev–Trinajstić information content (AvgIpc) is 2.57. The first kappa shape index (κ1) is 16.9. The van der Waals surface area contributed by atoms with Gasteiger partial charge in [-0.15, -0.1) is 0 Å². The summed E-state index contributed by atoms with van der Waals surface area (Å²) >= 11 is 0. The second kappa shape index (κ2) is 8.21. The zero-order valence-electron chi connectivity index (χ0n) is 14.1. The summed E-state index contributed by atoms with van der Waals surface area (Å²) in [5.41, 5.74) is 1.82. The van der Waals surface area contributed by atoms with Crippen molar-refractivity contribution in [2.75, 3.05) is 7.11 Å². The monoisotopic (exact) mass is 303 g/mol. The Balaban J connectivity index is 2.32. The normalized spacial score (nSPS) is 16.5. The van der Waals surface area contributed by atoms with Gasteiger partial charge in [-0.25, -0.2) is 0 Å². The molecule has 1 aliphatic rings. The standard InChI is InChI=1S/C19H29NO2/c1-4-16(5-2)20-13-15-11-17(22-3)12-18(19(15)21)14-9-7-6-8-10-14/h11-14,16,21H,4-10H2,1-3H3. The zero-order chi connectivity index (χ0) is 15.9. The van der Waals surface area contributed by atoms with Crippen molar-refractivity contribution in [1.29, 1.82) is 0 Å². The number of benzene rings is 1. The predicted octanol–water partition coefficient (Wildman–Crippen LogP) is 5.06. The SMILES string of the molecule is CCC(CC)N=Cc1cc(OC)cc(C2CCCCC2)c1O. The van der Waals surface area contributed by atoms with Gasteiger partial charge in [-0.05, 0) is 43.7 Å². The smallest absolute Gasteiger partial charge is 0.128 e. The van der Waals surface area contributed by atoms with Crippen LogP contribution >= 0.6 is 0 Å². The Bertz CT molecular complexity index is 500. The van der Waals surface area contributed by atoms with Crippen molar-refractivity contribution < 1.29 is 9.84 Å². The van der Waals surface area contributed by atoms with Gasteiger partial charge in [-0.2, -0.15) is 0 Å². The van der Waals surface area contributed by atoms with E-state index in [0.717, 1.165) is 42.6 Å². The minimum absolute atomic E-state index is 0.323. The van der Waals surface area contributed by atoms with Gasteiger partial charge in [0.15, 0.2) is 0 Å². The van der Waals surface area contributed by atoms with Crippen LogP contribution in [0.2, 0.25) is 0 Å². The van der Waals surface area contributed by atoms with E-state index < -0.39 is 0 Å². The lowest BCUT2D eigenvalue weighted by molar-refractivity contribution is 0.396. The number of nitrogens with zero attached hydrogens (tertiary/aromatic N) is 1. The van der Waals surface area contributed by atoms with E-state index in [9.17, 15) is 5.11 Å². The highest BCUT2D eigenvalue weighted by atomic mass is 16.5. The fourth-order valence-electron chi connectivity index (χ4n) is 3.28. The fourth-order valence-corrected chi connectivity index (χ4v) is 3.28. The van der Waals surface area contributed by atoms with Crippen molar-refractivity contribution in [3.8, 4) is 11.5 Å². The first-order chi connectivity index (χ1) is 10.7. The van der Waals surface area contributed by atoms with Gasteiger partial charge < -0.3 is 9.84 Å². The van der Waals surface area contributed by atoms with Crippen LogP contribution in [-0.2, 0) is 0 Å². The molecule has 0 aromatic heterocycles. The van der Waals surface area contributed by atoms with Crippen molar-refractivity contribution in [2.45, 2.75) is 70.8 Å². The van der Waals surface area contributed by atoms with E-state index in [1.165, 1.54) is 19.3 Å². The number of rotatable bonds is 6. The summed E-state index contributed by atoms with van der Waals surface area (Å²) in [5.74, 6) is 1.65. The molecule has 0 heterocycles. The number of phenolic OH excluding ortho intramolecular Hbond substituents is 1. The third kappa shape index (κ3) is 4.02. The topological polar surface area (TPSA) is 41.8 Å².